The molecule has 0 radical (unpaired) electrons. The fraction of sp³-hybridized carbons (Fsp3) is 0.533. The molecule has 1 aromatic carbocycles. The summed E-state index contributed by atoms with van der Waals surface area (Å²) in [7, 11) is 1.45. The third kappa shape index (κ3) is 3.93. The van der Waals surface area contributed by atoms with Gasteiger partial charge in [0, 0.05) is 24.2 Å². The van der Waals surface area contributed by atoms with Gasteiger partial charge in [-0.15, -0.1) is 0 Å². The van der Waals surface area contributed by atoms with Gasteiger partial charge in [-0.25, -0.2) is 0 Å². The van der Waals surface area contributed by atoms with Crippen LogP contribution in [0.4, 0.5) is 13.2 Å². The van der Waals surface area contributed by atoms with E-state index < -0.39 is 12.2 Å². The highest BCUT2D eigenvalue weighted by molar-refractivity contribution is 6.30. The molecule has 1 aliphatic heterocycles. The maximum absolute atomic E-state index is 13.1. The minimum atomic E-state index is -4.35. The van der Waals surface area contributed by atoms with E-state index in [9.17, 15) is 18.0 Å². The molecule has 2 rings (SSSR count). The predicted octanol–water partition coefficient (Wildman–Crippen LogP) is 2.98. The maximum Gasteiger partial charge on any atom is 0.405 e. The highest BCUT2D eigenvalue weighted by Gasteiger charge is 2.47. The molecule has 122 valence electrons. The first kappa shape index (κ1) is 17.1. The Morgan fingerprint density at radius 1 is 1.27 bits per heavy atom. The van der Waals surface area contributed by atoms with E-state index in [1.165, 1.54) is 16.8 Å². The zero-order chi connectivity index (χ0) is 16.5. The van der Waals surface area contributed by atoms with E-state index in [1.54, 1.807) is 31.2 Å². The van der Waals surface area contributed by atoms with Crippen LogP contribution in [-0.2, 0) is 11.2 Å². The van der Waals surface area contributed by atoms with Crippen molar-refractivity contribution in [1.29, 1.82) is 0 Å². The third-order valence-electron chi connectivity index (χ3n) is 4.06. The quantitative estimate of drug-likeness (QED) is 0.830. The van der Waals surface area contributed by atoms with E-state index in [4.69, 9.17) is 11.6 Å². The number of carbonyl (C=O) groups excluding carboxylic acids is 1. The van der Waals surface area contributed by atoms with E-state index in [2.05, 4.69) is 0 Å². The van der Waals surface area contributed by atoms with Crippen molar-refractivity contribution in [2.45, 2.75) is 31.6 Å². The van der Waals surface area contributed by atoms with Crippen molar-refractivity contribution in [3.8, 4) is 0 Å². The second kappa shape index (κ2) is 6.46. The molecule has 0 saturated carbocycles. The Balaban J connectivity index is 2.07. The van der Waals surface area contributed by atoms with Crippen molar-refractivity contribution in [3.05, 3.63) is 34.9 Å². The van der Waals surface area contributed by atoms with Gasteiger partial charge < -0.3 is 4.90 Å². The Bertz CT molecular complexity index is 533. The SMILES string of the molecule is CC1CN(C(=O)Cc2ccc(Cl)cc2)CC(C(F)(F)F)N1C. The summed E-state index contributed by atoms with van der Waals surface area (Å²) in [5, 5.41) is 0.557. The molecule has 1 saturated heterocycles. The lowest BCUT2D eigenvalue weighted by Crippen LogP contribution is -2.62. The molecule has 1 fully saturated rings. The van der Waals surface area contributed by atoms with Crippen LogP contribution in [0.3, 0.4) is 0 Å². The van der Waals surface area contributed by atoms with Crippen LogP contribution < -0.4 is 0 Å². The first-order valence-electron chi connectivity index (χ1n) is 6.99. The van der Waals surface area contributed by atoms with Crippen molar-refractivity contribution in [2.75, 3.05) is 20.1 Å². The van der Waals surface area contributed by atoms with Crippen molar-refractivity contribution >= 4 is 17.5 Å². The molecule has 0 bridgehead atoms. The van der Waals surface area contributed by atoms with Crippen LogP contribution in [-0.4, -0.2) is 54.1 Å². The highest BCUT2D eigenvalue weighted by Crippen LogP contribution is 2.29. The zero-order valence-corrected chi connectivity index (χ0v) is 13.2. The molecule has 0 N–H and O–H groups in total. The summed E-state index contributed by atoms with van der Waals surface area (Å²) in [5.41, 5.74) is 0.740. The van der Waals surface area contributed by atoms with Gasteiger partial charge >= 0.3 is 6.18 Å². The summed E-state index contributed by atoms with van der Waals surface area (Å²) in [6, 6.07) is 4.78. The van der Waals surface area contributed by atoms with Crippen LogP contribution in [0, 0.1) is 0 Å². The lowest BCUT2D eigenvalue weighted by molar-refractivity contribution is -0.200. The minimum absolute atomic E-state index is 0.0815. The van der Waals surface area contributed by atoms with Crippen LogP contribution in [0.25, 0.3) is 0 Å². The fourth-order valence-electron chi connectivity index (χ4n) is 2.59. The first-order chi connectivity index (χ1) is 10.2. The number of alkyl halides is 3. The van der Waals surface area contributed by atoms with Crippen molar-refractivity contribution in [2.24, 2.45) is 0 Å². The summed E-state index contributed by atoms with van der Waals surface area (Å²) in [5.74, 6) is -0.295. The molecular formula is C15H18ClF3N2O. The smallest absolute Gasteiger partial charge is 0.339 e. The number of nitrogens with zero attached hydrogens (tertiary/aromatic N) is 2. The minimum Gasteiger partial charge on any atom is -0.339 e. The van der Waals surface area contributed by atoms with Crippen LogP contribution in [0.1, 0.15) is 12.5 Å². The average Bonchev–Trinajstić information content (AvgIpc) is 2.42. The monoisotopic (exact) mass is 334 g/mol. The molecule has 0 aromatic heterocycles. The van der Waals surface area contributed by atoms with Gasteiger partial charge in [0.15, 0.2) is 0 Å². The van der Waals surface area contributed by atoms with Gasteiger partial charge in [-0.1, -0.05) is 23.7 Å². The molecule has 2 unspecified atom stereocenters. The van der Waals surface area contributed by atoms with E-state index in [1.807, 2.05) is 0 Å². The Morgan fingerprint density at radius 3 is 2.41 bits per heavy atom. The standard InChI is InChI=1S/C15H18ClF3N2O/c1-10-8-21(9-13(20(10)2)15(17,18)19)14(22)7-11-3-5-12(16)6-4-11/h3-6,10,13H,7-9H2,1-2H3. The second-order valence-corrected chi connectivity index (χ2v) is 6.11. The molecule has 1 aliphatic rings. The summed E-state index contributed by atoms with van der Waals surface area (Å²) in [4.78, 5) is 14.9. The van der Waals surface area contributed by atoms with Crippen LogP contribution in [0.5, 0.6) is 0 Å². The number of amides is 1. The normalized spacial score (nSPS) is 23.6. The Kier molecular flexibility index (Phi) is 5.02. The molecule has 7 heteroatoms. The van der Waals surface area contributed by atoms with E-state index in [0.717, 1.165) is 5.56 Å². The van der Waals surface area contributed by atoms with Gasteiger partial charge in [-0.05, 0) is 31.7 Å². The van der Waals surface area contributed by atoms with E-state index in [0.29, 0.717) is 11.6 Å². The van der Waals surface area contributed by atoms with Gasteiger partial charge in [0.1, 0.15) is 6.04 Å². The molecule has 0 spiro atoms. The molecule has 22 heavy (non-hydrogen) atoms. The van der Waals surface area contributed by atoms with Gasteiger partial charge in [0.25, 0.3) is 0 Å². The topological polar surface area (TPSA) is 23.6 Å². The van der Waals surface area contributed by atoms with Gasteiger partial charge in [-0.2, -0.15) is 13.2 Å². The van der Waals surface area contributed by atoms with Crippen molar-refractivity contribution in [1.82, 2.24) is 9.80 Å². The molecule has 1 aromatic rings. The highest BCUT2D eigenvalue weighted by atomic mass is 35.5. The van der Waals surface area contributed by atoms with E-state index in [-0.39, 0.29) is 24.9 Å². The van der Waals surface area contributed by atoms with Gasteiger partial charge in [0.2, 0.25) is 5.91 Å². The summed E-state index contributed by atoms with van der Waals surface area (Å²) < 4.78 is 39.2. The Hall–Kier alpha value is -1.27. The zero-order valence-electron chi connectivity index (χ0n) is 12.4. The molecular weight excluding hydrogens is 317 g/mol. The third-order valence-corrected chi connectivity index (χ3v) is 4.32. The van der Waals surface area contributed by atoms with Crippen LogP contribution in [0.15, 0.2) is 24.3 Å². The van der Waals surface area contributed by atoms with Crippen LogP contribution in [0.2, 0.25) is 5.02 Å². The number of likely N-dealkylation sites (N-methyl/N-ethyl adjacent to an activating group) is 1. The molecule has 3 nitrogen and oxygen atoms in total. The summed E-state index contributed by atoms with van der Waals surface area (Å²) >= 11 is 5.78. The molecule has 1 amide bonds. The Morgan fingerprint density at radius 2 is 1.86 bits per heavy atom. The summed E-state index contributed by atoms with van der Waals surface area (Å²) in [6.45, 7) is 1.67. The largest absolute Gasteiger partial charge is 0.405 e. The predicted molar refractivity (Wildman–Crippen MR) is 78.8 cm³/mol. The lowest BCUT2D eigenvalue weighted by atomic mass is 10.1. The molecule has 0 aliphatic carbocycles. The number of carbonyl (C=O) groups is 1. The molecule has 2 atom stereocenters. The van der Waals surface area contributed by atoms with Crippen LogP contribution >= 0.6 is 11.6 Å². The second-order valence-electron chi connectivity index (χ2n) is 5.67. The van der Waals surface area contributed by atoms with Crippen molar-refractivity contribution in [3.63, 3.8) is 0 Å². The number of piperazine rings is 1. The first-order valence-corrected chi connectivity index (χ1v) is 7.37. The Labute approximate surface area is 132 Å². The average molecular weight is 335 g/mol. The maximum atomic E-state index is 13.1. The number of hydrogen-bond donors (Lipinski definition) is 0. The van der Waals surface area contributed by atoms with Gasteiger partial charge in [-0.3, -0.25) is 9.69 Å². The number of hydrogen-bond acceptors (Lipinski definition) is 2. The number of rotatable bonds is 2. The van der Waals surface area contributed by atoms with Gasteiger partial charge in [0.05, 0.1) is 6.42 Å². The number of halogens is 4. The van der Waals surface area contributed by atoms with E-state index >= 15 is 0 Å². The van der Waals surface area contributed by atoms with Crippen molar-refractivity contribution < 1.29 is 18.0 Å². The fourth-order valence-corrected chi connectivity index (χ4v) is 2.72. The summed E-state index contributed by atoms with van der Waals surface area (Å²) in [6.07, 6.45) is -4.26. The lowest BCUT2D eigenvalue weighted by Gasteiger charge is -2.44. The number of benzene rings is 1. The molecule has 1 heterocycles.